The molecule has 0 amide bonds. The van der Waals surface area contributed by atoms with Crippen molar-refractivity contribution in [3.63, 3.8) is 0 Å². The van der Waals surface area contributed by atoms with Gasteiger partial charge in [0, 0.05) is 6.07 Å². The van der Waals surface area contributed by atoms with E-state index in [2.05, 4.69) is 0 Å². The third-order valence-electron chi connectivity index (χ3n) is 2.36. The van der Waals surface area contributed by atoms with Gasteiger partial charge in [-0.05, 0) is 31.5 Å². The standard InChI is InChI=1S/C12H12O3/c1-7-5-11(14)10-4-3-9(8(2)13)6-12(10)15-7/h3-6,8,13H,1-2H3. The number of aryl methyl sites for hydroxylation is 1. The second kappa shape index (κ2) is 3.51. The van der Waals surface area contributed by atoms with Crippen molar-refractivity contribution in [2.45, 2.75) is 20.0 Å². The number of fused-ring (bicyclic) bond motifs is 1. The first-order valence-electron chi connectivity index (χ1n) is 4.80. The molecule has 0 saturated heterocycles. The van der Waals surface area contributed by atoms with Gasteiger partial charge in [0.2, 0.25) is 0 Å². The predicted molar refractivity (Wildman–Crippen MR) is 57.9 cm³/mol. The van der Waals surface area contributed by atoms with Crippen LogP contribution in [0.5, 0.6) is 0 Å². The van der Waals surface area contributed by atoms with Crippen LogP contribution in [0.2, 0.25) is 0 Å². The summed E-state index contributed by atoms with van der Waals surface area (Å²) in [7, 11) is 0. The zero-order chi connectivity index (χ0) is 11.0. The van der Waals surface area contributed by atoms with Crippen LogP contribution in [0, 0.1) is 6.92 Å². The van der Waals surface area contributed by atoms with Gasteiger partial charge in [-0.25, -0.2) is 0 Å². The first kappa shape index (κ1) is 9.93. The van der Waals surface area contributed by atoms with Crippen LogP contribution in [0.15, 0.2) is 33.5 Å². The summed E-state index contributed by atoms with van der Waals surface area (Å²) in [6.45, 7) is 3.41. The van der Waals surface area contributed by atoms with Gasteiger partial charge in [-0.1, -0.05) is 6.07 Å². The molecule has 15 heavy (non-hydrogen) atoms. The molecule has 2 aromatic rings. The Labute approximate surface area is 87.0 Å². The maximum Gasteiger partial charge on any atom is 0.192 e. The van der Waals surface area contributed by atoms with Crippen LogP contribution in [-0.4, -0.2) is 5.11 Å². The third kappa shape index (κ3) is 1.78. The lowest BCUT2D eigenvalue weighted by Crippen LogP contribution is -2.01. The number of aliphatic hydroxyl groups excluding tert-OH is 1. The van der Waals surface area contributed by atoms with Gasteiger partial charge in [-0.3, -0.25) is 4.79 Å². The molecule has 78 valence electrons. The summed E-state index contributed by atoms with van der Waals surface area (Å²) in [5, 5.41) is 9.95. The summed E-state index contributed by atoms with van der Waals surface area (Å²) < 4.78 is 5.42. The van der Waals surface area contributed by atoms with Crippen molar-refractivity contribution in [1.82, 2.24) is 0 Å². The van der Waals surface area contributed by atoms with Crippen LogP contribution >= 0.6 is 0 Å². The number of hydrogen-bond donors (Lipinski definition) is 1. The lowest BCUT2D eigenvalue weighted by molar-refractivity contribution is 0.199. The van der Waals surface area contributed by atoms with Crippen LogP contribution in [-0.2, 0) is 0 Å². The zero-order valence-electron chi connectivity index (χ0n) is 8.65. The van der Waals surface area contributed by atoms with Gasteiger partial charge in [-0.2, -0.15) is 0 Å². The zero-order valence-corrected chi connectivity index (χ0v) is 8.65. The van der Waals surface area contributed by atoms with Crippen molar-refractivity contribution in [3.05, 3.63) is 45.8 Å². The molecule has 1 N–H and O–H groups in total. The van der Waals surface area contributed by atoms with Gasteiger partial charge in [0.1, 0.15) is 11.3 Å². The van der Waals surface area contributed by atoms with E-state index >= 15 is 0 Å². The first-order chi connectivity index (χ1) is 7.08. The molecule has 0 spiro atoms. The van der Waals surface area contributed by atoms with E-state index in [0.717, 1.165) is 5.56 Å². The van der Waals surface area contributed by atoms with Crippen molar-refractivity contribution in [3.8, 4) is 0 Å². The number of hydrogen-bond acceptors (Lipinski definition) is 3. The van der Waals surface area contributed by atoms with E-state index in [1.165, 1.54) is 6.07 Å². The number of benzene rings is 1. The Morgan fingerprint density at radius 2 is 2.07 bits per heavy atom. The molecule has 1 atom stereocenters. The molecule has 1 unspecified atom stereocenters. The van der Waals surface area contributed by atoms with Gasteiger partial charge in [0.15, 0.2) is 5.43 Å². The molecule has 3 heteroatoms. The minimum atomic E-state index is -0.555. The molecule has 0 radical (unpaired) electrons. The molecule has 2 rings (SSSR count). The molecular formula is C12H12O3. The van der Waals surface area contributed by atoms with Crippen LogP contribution in [0.1, 0.15) is 24.4 Å². The van der Waals surface area contributed by atoms with E-state index in [-0.39, 0.29) is 5.43 Å². The fourth-order valence-electron chi connectivity index (χ4n) is 1.55. The monoisotopic (exact) mass is 204 g/mol. The van der Waals surface area contributed by atoms with Crippen LogP contribution in [0.25, 0.3) is 11.0 Å². The van der Waals surface area contributed by atoms with E-state index in [9.17, 15) is 9.90 Å². The van der Waals surface area contributed by atoms with Crippen molar-refractivity contribution in [2.75, 3.05) is 0 Å². The summed E-state index contributed by atoms with van der Waals surface area (Å²) in [5.74, 6) is 0.579. The van der Waals surface area contributed by atoms with E-state index < -0.39 is 6.10 Å². The minimum Gasteiger partial charge on any atom is -0.461 e. The summed E-state index contributed by atoms with van der Waals surface area (Å²) in [5.41, 5.74) is 1.22. The largest absolute Gasteiger partial charge is 0.461 e. The van der Waals surface area contributed by atoms with Gasteiger partial charge in [0.05, 0.1) is 11.5 Å². The Morgan fingerprint density at radius 1 is 1.33 bits per heavy atom. The lowest BCUT2D eigenvalue weighted by Gasteiger charge is -2.05. The van der Waals surface area contributed by atoms with E-state index in [4.69, 9.17) is 4.42 Å². The van der Waals surface area contributed by atoms with Crippen molar-refractivity contribution in [2.24, 2.45) is 0 Å². The smallest absolute Gasteiger partial charge is 0.192 e. The predicted octanol–water partition coefficient (Wildman–Crippen LogP) is 2.15. The van der Waals surface area contributed by atoms with E-state index in [1.807, 2.05) is 0 Å². The van der Waals surface area contributed by atoms with Gasteiger partial charge < -0.3 is 9.52 Å². The maximum absolute atomic E-state index is 11.6. The number of aliphatic hydroxyl groups is 1. The van der Waals surface area contributed by atoms with Crippen molar-refractivity contribution in [1.29, 1.82) is 0 Å². The Bertz CT molecular complexity index is 552. The molecular weight excluding hydrogens is 192 g/mol. The summed E-state index contributed by atoms with van der Waals surface area (Å²) in [4.78, 5) is 11.6. The fraction of sp³-hybridized carbons (Fsp3) is 0.250. The second-order valence-corrected chi connectivity index (χ2v) is 3.65. The summed E-state index contributed by atoms with van der Waals surface area (Å²) in [6, 6.07) is 6.58. The van der Waals surface area contributed by atoms with E-state index in [0.29, 0.717) is 16.7 Å². The molecule has 0 aliphatic rings. The van der Waals surface area contributed by atoms with Crippen molar-refractivity contribution < 1.29 is 9.52 Å². The highest BCUT2D eigenvalue weighted by Crippen LogP contribution is 2.18. The molecule has 1 heterocycles. The molecule has 3 nitrogen and oxygen atoms in total. The molecule has 1 aromatic carbocycles. The van der Waals surface area contributed by atoms with Gasteiger partial charge >= 0.3 is 0 Å². The fourth-order valence-corrected chi connectivity index (χ4v) is 1.55. The Kier molecular flexibility index (Phi) is 2.32. The molecule has 0 fully saturated rings. The molecule has 0 bridgehead atoms. The minimum absolute atomic E-state index is 0.0501. The van der Waals surface area contributed by atoms with Crippen LogP contribution in [0.4, 0.5) is 0 Å². The second-order valence-electron chi connectivity index (χ2n) is 3.65. The van der Waals surface area contributed by atoms with E-state index in [1.54, 1.807) is 32.0 Å². The topological polar surface area (TPSA) is 50.4 Å². The average Bonchev–Trinajstić information content (AvgIpc) is 2.16. The molecule has 0 saturated carbocycles. The number of rotatable bonds is 1. The first-order valence-corrected chi connectivity index (χ1v) is 4.80. The maximum atomic E-state index is 11.6. The summed E-state index contributed by atoms with van der Waals surface area (Å²) >= 11 is 0. The molecule has 0 aliphatic heterocycles. The van der Waals surface area contributed by atoms with Gasteiger partial charge in [-0.15, -0.1) is 0 Å². The quantitative estimate of drug-likeness (QED) is 0.774. The highest BCUT2D eigenvalue weighted by Gasteiger charge is 2.06. The summed E-state index contributed by atoms with van der Waals surface area (Å²) in [6.07, 6.45) is -0.555. The third-order valence-corrected chi connectivity index (χ3v) is 2.36. The SMILES string of the molecule is Cc1cc(=O)c2ccc(C(C)O)cc2o1. The highest BCUT2D eigenvalue weighted by molar-refractivity contribution is 5.77. The Balaban J connectivity index is 2.77. The van der Waals surface area contributed by atoms with Crippen LogP contribution in [0.3, 0.4) is 0 Å². The van der Waals surface area contributed by atoms with Crippen molar-refractivity contribution >= 4 is 11.0 Å². The average molecular weight is 204 g/mol. The Morgan fingerprint density at radius 3 is 2.73 bits per heavy atom. The molecule has 0 aliphatic carbocycles. The van der Waals surface area contributed by atoms with Gasteiger partial charge in [0.25, 0.3) is 0 Å². The normalized spacial score (nSPS) is 13.0. The van der Waals surface area contributed by atoms with Crippen LogP contribution < -0.4 is 5.43 Å². The molecule has 1 aromatic heterocycles. The lowest BCUT2D eigenvalue weighted by atomic mass is 10.1. The highest BCUT2D eigenvalue weighted by atomic mass is 16.3. The Hall–Kier alpha value is -1.61.